The number of cyclic esters (lactones) is 1. The lowest BCUT2D eigenvalue weighted by molar-refractivity contribution is -0.151. The van der Waals surface area contributed by atoms with E-state index in [1.807, 2.05) is 58.1 Å². The van der Waals surface area contributed by atoms with Crippen molar-refractivity contribution in [3.63, 3.8) is 0 Å². The van der Waals surface area contributed by atoms with Crippen molar-refractivity contribution < 1.29 is 47.9 Å². The number of amides is 1. The largest absolute Gasteiger partial charge is 0.462 e. The molecule has 0 saturated carbocycles. The van der Waals surface area contributed by atoms with Gasteiger partial charge in [0.15, 0.2) is 0 Å². The number of rotatable bonds is 16. The number of aliphatic hydroxyl groups excluding tert-OH is 1. The van der Waals surface area contributed by atoms with E-state index in [0.717, 1.165) is 51.3 Å². The monoisotopic (exact) mass is 748 g/mol. The molecule has 0 radical (unpaired) electrons. The zero-order chi connectivity index (χ0) is 38.9. The van der Waals surface area contributed by atoms with Crippen LogP contribution < -0.4 is 5.32 Å². The van der Waals surface area contributed by atoms with Gasteiger partial charge in [0, 0.05) is 57.3 Å². The van der Waals surface area contributed by atoms with Crippen LogP contribution in [0.4, 0.5) is 4.79 Å². The summed E-state index contributed by atoms with van der Waals surface area (Å²) in [4.78, 5) is 40.5. The number of hydrogen-bond donors (Lipinski definition) is 2. The average Bonchev–Trinajstić information content (AvgIpc) is 3.94. The van der Waals surface area contributed by atoms with Gasteiger partial charge >= 0.3 is 18.0 Å². The first-order valence-electron chi connectivity index (χ1n) is 19.9. The number of aliphatic hydroxyl groups is 1. The number of epoxide rings is 1. The molecule has 53 heavy (non-hydrogen) atoms. The number of esters is 2. The van der Waals surface area contributed by atoms with Gasteiger partial charge in [0.2, 0.25) is 0 Å². The Kier molecular flexibility index (Phi) is 19.5. The van der Waals surface area contributed by atoms with E-state index in [1.54, 1.807) is 14.0 Å². The second kappa shape index (κ2) is 23.2. The van der Waals surface area contributed by atoms with Gasteiger partial charge in [0.05, 0.1) is 37.9 Å². The molecule has 2 saturated heterocycles. The molecule has 2 fully saturated rings. The molecule has 2 N–H and O–H groups in total. The summed E-state index contributed by atoms with van der Waals surface area (Å²) in [6.07, 6.45) is 10.1. The van der Waals surface area contributed by atoms with E-state index in [0.29, 0.717) is 32.2 Å². The number of carbonyl (C=O) groups is 3. The average molecular weight is 749 g/mol. The van der Waals surface area contributed by atoms with Crippen LogP contribution in [0.5, 0.6) is 0 Å². The second-order valence-corrected chi connectivity index (χ2v) is 15.1. The number of carbonyl (C=O) groups excluding carboxylic acids is 3. The van der Waals surface area contributed by atoms with Crippen molar-refractivity contribution >= 4 is 18.0 Å². The number of allylic oxidation sites excluding steroid dienone is 2. The number of hydrogen-bond acceptors (Lipinski definition) is 11. The van der Waals surface area contributed by atoms with E-state index in [2.05, 4.69) is 24.1 Å². The highest BCUT2D eigenvalue weighted by Gasteiger charge is 2.52. The van der Waals surface area contributed by atoms with E-state index in [1.165, 1.54) is 0 Å². The molecule has 0 aromatic carbocycles. The summed E-state index contributed by atoms with van der Waals surface area (Å²) < 4.78 is 35.0. The first kappa shape index (κ1) is 44.6. The predicted molar refractivity (Wildman–Crippen MR) is 203 cm³/mol. The van der Waals surface area contributed by atoms with Crippen molar-refractivity contribution in [2.75, 3.05) is 46.5 Å². The molecule has 11 unspecified atom stereocenters. The summed E-state index contributed by atoms with van der Waals surface area (Å²) in [5, 5.41) is 13.6. The Morgan fingerprint density at radius 1 is 1.13 bits per heavy atom. The number of methoxy groups -OCH3 is 1. The second-order valence-electron chi connectivity index (χ2n) is 15.1. The Hall–Kier alpha value is -2.77. The summed E-state index contributed by atoms with van der Waals surface area (Å²) in [5.41, 5.74) is 0.821. The molecule has 3 rings (SSSR count). The molecular formula is C41H68N2O10. The van der Waals surface area contributed by atoms with Crippen LogP contribution in [0.2, 0.25) is 0 Å². The van der Waals surface area contributed by atoms with Crippen molar-refractivity contribution in [3.8, 4) is 0 Å². The quantitative estimate of drug-likeness (QED) is 0.0496. The van der Waals surface area contributed by atoms with E-state index >= 15 is 0 Å². The molecule has 302 valence electrons. The van der Waals surface area contributed by atoms with Gasteiger partial charge in [-0.3, -0.25) is 14.5 Å². The fraction of sp³-hybridized carbons (Fsp3) is 0.780. The van der Waals surface area contributed by atoms with E-state index in [-0.39, 0.29) is 60.5 Å². The zero-order valence-corrected chi connectivity index (χ0v) is 33.5. The predicted octanol–water partition coefficient (Wildman–Crippen LogP) is 5.77. The maximum Gasteiger partial charge on any atom is 0.407 e. The van der Waals surface area contributed by atoms with Gasteiger partial charge in [-0.1, -0.05) is 71.9 Å². The smallest absolute Gasteiger partial charge is 0.407 e. The van der Waals surface area contributed by atoms with Crippen LogP contribution in [0.15, 0.2) is 36.0 Å². The molecule has 3 heterocycles. The Labute approximate surface area is 318 Å². The van der Waals surface area contributed by atoms with Crippen molar-refractivity contribution in [1.29, 1.82) is 0 Å². The Morgan fingerprint density at radius 3 is 2.55 bits per heavy atom. The number of morpholine rings is 1. The van der Waals surface area contributed by atoms with E-state index in [4.69, 9.17) is 28.4 Å². The third-order valence-corrected chi connectivity index (χ3v) is 10.8. The maximum absolute atomic E-state index is 13.0. The molecule has 3 aliphatic heterocycles. The first-order chi connectivity index (χ1) is 25.4. The third-order valence-electron chi connectivity index (χ3n) is 10.8. The van der Waals surface area contributed by atoms with Crippen LogP contribution in [0.25, 0.3) is 0 Å². The molecule has 0 aromatic rings. The molecule has 0 spiro atoms. The standard InChI is InChI=1S/C41H68N2O10/c1-9-33(48-8)31(7)39-40(52-39)38(53-41(47)42-20-13-21-43-22-24-49-25-23-43)30(6)15-11-14-28(4)37-29(5)16-12-17-34(50-35(45)10-2)27(3)18-19-32(44)26-36(46)51-37/h11-12,14-16,27,29-34,37-40,44H,9-10,13,17-26H2,1-8H3,(H,42,47)/b15-11+,16-12+,28-14+. The lowest BCUT2D eigenvalue weighted by Gasteiger charge is -2.26. The number of ether oxygens (including phenoxy) is 6. The topological polar surface area (TPSA) is 145 Å². The normalized spacial score (nSPS) is 30.8. The Morgan fingerprint density at radius 2 is 1.87 bits per heavy atom. The zero-order valence-electron chi connectivity index (χ0n) is 33.5. The minimum atomic E-state index is -0.853. The third kappa shape index (κ3) is 15.1. The van der Waals surface area contributed by atoms with Gasteiger partial charge in [-0.2, -0.15) is 0 Å². The minimum Gasteiger partial charge on any atom is -0.462 e. The van der Waals surface area contributed by atoms with Crippen LogP contribution >= 0.6 is 0 Å². The molecular weight excluding hydrogens is 680 g/mol. The van der Waals surface area contributed by atoms with Crippen LogP contribution in [-0.2, 0) is 38.0 Å². The van der Waals surface area contributed by atoms with E-state index in [9.17, 15) is 19.5 Å². The molecule has 12 heteroatoms. The fourth-order valence-corrected chi connectivity index (χ4v) is 7.25. The molecule has 0 aromatic heterocycles. The molecule has 11 atom stereocenters. The summed E-state index contributed by atoms with van der Waals surface area (Å²) in [5.74, 6) is -0.951. The molecule has 0 aliphatic carbocycles. The fourth-order valence-electron chi connectivity index (χ4n) is 7.25. The lowest BCUT2D eigenvalue weighted by Crippen LogP contribution is -2.39. The lowest BCUT2D eigenvalue weighted by atomic mass is 9.91. The number of nitrogens with one attached hydrogen (secondary N) is 1. The van der Waals surface area contributed by atoms with Crippen molar-refractivity contribution in [2.24, 2.45) is 23.7 Å². The van der Waals surface area contributed by atoms with Crippen LogP contribution in [0.1, 0.15) is 93.4 Å². The maximum atomic E-state index is 13.0. The molecule has 0 bridgehead atoms. The van der Waals surface area contributed by atoms with Gasteiger partial charge in [-0.15, -0.1) is 0 Å². The molecule has 3 aliphatic rings. The minimum absolute atomic E-state index is 0.0215. The molecule has 1 amide bonds. The molecule has 12 nitrogen and oxygen atoms in total. The summed E-state index contributed by atoms with van der Waals surface area (Å²) >= 11 is 0. The van der Waals surface area contributed by atoms with Crippen molar-refractivity contribution in [2.45, 2.75) is 136 Å². The highest BCUT2D eigenvalue weighted by atomic mass is 16.6. The van der Waals surface area contributed by atoms with E-state index < -0.39 is 30.4 Å². The summed E-state index contributed by atoms with van der Waals surface area (Å²) in [7, 11) is 1.71. The van der Waals surface area contributed by atoms with Gasteiger partial charge in [-0.05, 0) is 50.6 Å². The first-order valence-corrected chi connectivity index (χ1v) is 19.9. The van der Waals surface area contributed by atoms with Gasteiger partial charge in [0.1, 0.15) is 24.4 Å². The highest BCUT2D eigenvalue weighted by Crippen LogP contribution is 2.39. The van der Waals surface area contributed by atoms with Crippen molar-refractivity contribution in [3.05, 3.63) is 36.0 Å². The Balaban J connectivity index is 1.72. The van der Waals surface area contributed by atoms with Gasteiger partial charge in [-0.25, -0.2) is 4.79 Å². The number of nitrogens with zero attached hydrogens (tertiary/aromatic N) is 1. The van der Waals surface area contributed by atoms with Crippen LogP contribution in [0.3, 0.4) is 0 Å². The highest BCUT2D eigenvalue weighted by molar-refractivity contribution is 5.70. The summed E-state index contributed by atoms with van der Waals surface area (Å²) in [6, 6.07) is 0. The van der Waals surface area contributed by atoms with Crippen LogP contribution in [0, 0.1) is 23.7 Å². The number of alkyl carbamates (subject to hydrolysis) is 1. The van der Waals surface area contributed by atoms with Gasteiger partial charge < -0.3 is 38.8 Å². The van der Waals surface area contributed by atoms with Crippen LogP contribution in [-0.4, -0.2) is 117 Å². The SMILES string of the molecule is CCC(=O)OC1C/C=C/C(C)C(/C(C)=C/C=C/C(C)C(OC(=O)NCCCN2CCOCC2)C2OC2C(C)C(CC)OC)OC(=O)CC(O)CCC1C. The Bertz CT molecular complexity index is 1210. The summed E-state index contributed by atoms with van der Waals surface area (Å²) in [6.45, 7) is 18.5. The van der Waals surface area contributed by atoms with Gasteiger partial charge in [0.25, 0.3) is 0 Å². The van der Waals surface area contributed by atoms with Crippen molar-refractivity contribution in [1.82, 2.24) is 10.2 Å².